The molecular weight excluding hydrogens is 224 g/mol. The number of hydrogen-bond acceptors (Lipinski definition) is 1. The van der Waals surface area contributed by atoms with Crippen LogP contribution in [0, 0.1) is 0 Å². The van der Waals surface area contributed by atoms with E-state index in [0.29, 0.717) is 0 Å². The summed E-state index contributed by atoms with van der Waals surface area (Å²) in [5.74, 6) is 0.954. The Balaban J connectivity index is 3.17. The molecule has 0 heterocycles. The van der Waals surface area contributed by atoms with Crippen LogP contribution in [0.1, 0.15) is 19.4 Å². The van der Waals surface area contributed by atoms with Gasteiger partial charge in [0.2, 0.25) is 8.32 Å². The minimum absolute atomic E-state index is 0.954. The molecule has 0 saturated heterocycles. The number of benzene rings is 1. The van der Waals surface area contributed by atoms with Crippen LogP contribution in [0.4, 0.5) is 0 Å². The minimum Gasteiger partial charge on any atom is -0.544 e. The Morgan fingerprint density at radius 1 is 1.06 bits per heavy atom. The fourth-order valence-electron chi connectivity index (χ4n) is 1.61. The average Bonchev–Trinajstić information content (AvgIpc) is 2.25. The summed E-state index contributed by atoms with van der Waals surface area (Å²) in [5, 5.41) is 0. The summed E-state index contributed by atoms with van der Waals surface area (Å²) in [4.78, 5) is 0. The third kappa shape index (κ3) is 4.23. The van der Waals surface area contributed by atoms with Crippen molar-refractivity contribution < 1.29 is 4.43 Å². The van der Waals surface area contributed by atoms with Crippen LogP contribution >= 0.6 is 0 Å². The van der Waals surface area contributed by atoms with E-state index in [2.05, 4.69) is 45.3 Å². The standard InChI is InChI=1S/C15H22OSi/c1-12(2)15(16-17(4,5)6)13(3)14-10-8-7-9-11-14/h7-11H,1H2,2-6H3/b15-13-. The zero-order valence-electron chi connectivity index (χ0n) is 11.5. The molecule has 1 aromatic rings. The van der Waals surface area contributed by atoms with Gasteiger partial charge in [-0.05, 0) is 50.2 Å². The lowest BCUT2D eigenvalue weighted by atomic mass is 10.0. The molecule has 17 heavy (non-hydrogen) atoms. The Kier molecular flexibility index (Phi) is 4.35. The molecule has 92 valence electrons. The minimum atomic E-state index is -1.60. The molecule has 0 fully saturated rings. The van der Waals surface area contributed by atoms with Gasteiger partial charge in [0.05, 0.1) is 0 Å². The molecule has 1 aromatic carbocycles. The summed E-state index contributed by atoms with van der Waals surface area (Å²) in [6.07, 6.45) is 0. The fourth-order valence-corrected chi connectivity index (χ4v) is 2.55. The second kappa shape index (κ2) is 5.37. The molecule has 0 saturated carbocycles. The van der Waals surface area contributed by atoms with E-state index in [-0.39, 0.29) is 0 Å². The maximum atomic E-state index is 6.13. The van der Waals surface area contributed by atoms with Crippen molar-refractivity contribution in [2.45, 2.75) is 33.5 Å². The lowest BCUT2D eigenvalue weighted by Crippen LogP contribution is -2.25. The van der Waals surface area contributed by atoms with Gasteiger partial charge in [0.15, 0.2) is 0 Å². The highest BCUT2D eigenvalue weighted by molar-refractivity contribution is 6.70. The average molecular weight is 246 g/mol. The van der Waals surface area contributed by atoms with Crippen molar-refractivity contribution in [3.05, 3.63) is 53.8 Å². The van der Waals surface area contributed by atoms with Crippen LogP contribution in [0.25, 0.3) is 5.57 Å². The highest BCUT2D eigenvalue weighted by Gasteiger charge is 2.19. The van der Waals surface area contributed by atoms with E-state index in [4.69, 9.17) is 4.43 Å². The van der Waals surface area contributed by atoms with Gasteiger partial charge in [0.25, 0.3) is 0 Å². The second-order valence-electron chi connectivity index (χ2n) is 5.31. The molecule has 2 heteroatoms. The van der Waals surface area contributed by atoms with Gasteiger partial charge >= 0.3 is 0 Å². The van der Waals surface area contributed by atoms with E-state index in [1.165, 1.54) is 11.1 Å². The first-order chi connectivity index (χ1) is 7.81. The summed E-state index contributed by atoms with van der Waals surface area (Å²) < 4.78 is 6.13. The molecular formula is C15H22OSi. The van der Waals surface area contributed by atoms with Crippen LogP contribution in [-0.4, -0.2) is 8.32 Å². The number of hydrogen-bond donors (Lipinski definition) is 0. The molecule has 0 atom stereocenters. The van der Waals surface area contributed by atoms with E-state index in [1.54, 1.807) is 0 Å². The van der Waals surface area contributed by atoms with Crippen LogP contribution in [-0.2, 0) is 4.43 Å². The Morgan fingerprint density at radius 2 is 1.59 bits per heavy atom. The zero-order valence-corrected chi connectivity index (χ0v) is 12.5. The summed E-state index contributed by atoms with van der Waals surface area (Å²) in [6, 6.07) is 10.3. The smallest absolute Gasteiger partial charge is 0.242 e. The van der Waals surface area contributed by atoms with Crippen molar-refractivity contribution in [2.24, 2.45) is 0 Å². The lowest BCUT2D eigenvalue weighted by Gasteiger charge is -2.24. The maximum absolute atomic E-state index is 6.13. The molecule has 0 N–H and O–H groups in total. The molecule has 0 aliphatic carbocycles. The molecule has 0 radical (unpaired) electrons. The highest BCUT2D eigenvalue weighted by atomic mass is 28.4. The Bertz CT molecular complexity index is 424. The van der Waals surface area contributed by atoms with Crippen molar-refractivity contribution in [1.29, 1.82) is 0 Å². The summed E-state index contributed by atoms with van der Waals surface area (Å²) in [6.45, 7) is 14.7. The van der Waals surface area contributed by atoms with E-state index in [1.807, 2.05) is 25.1 Å². The van der Waals surface area contributed by atoms with Crippen LogP contribution in [0.5, 0.6) is 0 Å². The third-order valence-corrected chi connectivity index (χ3v) is 3.16. The lowest BCUT2D eigenvalue weighted by molar-refractivity contribution is 0.435. The van der Waals surface area contributed by atoms with Gasteiger partial charge in [0.1, 0.15) is 5.76 Å². The van der Waals surface area contributed by atoms with Gasteiger partial charge < -0.3 is 4.43 Å². The van der Waals surface area contributed by atoms with Crippen molar-refractivity contribution >= 4 is 13.9 Å². The topological polar surface area (TPSA) is 9.23 Å². The van der Waals surface area contributed by atoms with Crippen LogP contribution in [0.2, 0.25) is 19.6 Å². The van der Waals surface area contributed by atoms with Gasteiger partial charge in [-0.15, -0.1) is 0 Å². The molecule has 0 unspecified atom stereocenters. The van der Waals surface area contributed by atoms with Gasteiger partial charge in [0, 0.05) is 0 Å². The number of rotatable bonds is 4. The van der Waals surface area contributed by atoms with Crippen molar-refractivity contribution in [3.63, 3.8) is 0 Å². The monoisotopic (exact) mass is 246 g/mol. The molecule has 0 aliphatic rings. The first-order valence-electron chi connectivity index (χ1n) is 5.92. The maximum Gasteiger partial charge on any atom is 0.242 e. The Labute approximate surface area is 106 Å². The fraction of sp³-hybridized carbons (Fsp3) is 0.333. The van der Waals surface area contributed by atoms with E-state index >= 15 is 0 Å². The zero-order chi connectivity index (χ0) is 13.1. The third-order valence-electron chi connectivity index (χ3n) is 2.34. The summed E-state index contributed by atoms with van der Waals surface area (Å²) in [7, 11) is -1.60. The Hall–Kier alpha value is -1.28. The molecule has 1 nitrogen and oxygen atoms in total. The van der Waals surface area contributed by atoms with Crippen LogP contribution in [0.15, 0.2) is 48.2 Å². The molecule has 0 bridgehead atoms. The number of allylic oxidation sites excluding steroid dienone is 2. The van der Waals surface area contributed by atoms with Crippen molar-refractivity contribution in [1.82, 2.24) is 0 Å². The van der Waals surface area contributed by atoms with Gasteiger partial charge in [-0.1, -0.05) is 36.9 Å². The molecule has 0 aromatic heterocycles. The summed E-state index contributed by atoms with van der Waals surface area (Å²) in [5.41, 5.74) is 3.36. The van der Waals surface area contributed by atoms with E-state index in [9.17, 15) is 0 Å². The highest BCUT2D eigenvalue weighted by Crippen LogP contribution is 2.26. The quantitative estimate of drug-likeness (QED) is 0.419. The normalized spacial score (nSPS) is 13.0. The van der Waals surface area contributed by atoms with Crippen LogP contribution in [0.3, 0.4) is 0 Å². The van der Waals surface area contributed by atoms with Crippen molar-refractivity contribution in [3.8, 4) is 0 Å². The molecule has 0 spiro atoms. The first-order valence-corrected chi connectivity index (χ1v) is 9.33. The predicted molar refractivity (Wildman–Crippen MR) is 78.3 cm³/mol. The van der Waals surface area contributed by atoms with E-state index < -0.39 is 8.32 Å². The van der Waals surface area contributed by atoms with Gasteiger partial charge in [-0.2, -0.15) is 0 Å². The second-order valence-corrected chi connectivity index (χ2v) is 9.74. The molecule has 0 aliphatic heterocycles. The van der Waals surface area contributed by atoms with Crippen molar-refractivity contribution in [2.75, 3.05) is 0 Å². The van der Waals surface area contributed by atoms with Gasteiger partial charge in [-0.3, -0.25) is 0 Å². The molecule has 0 amide bonds. The molecule has 1 rings (SSSR count). The SMILES string of the molecule is C=C(C)/C(O[Si](C)(C)C)=C(\C)c1ccccc1. The van der Waals surface area contributed by atoms with Crippen LogP contribution < -0.4 is 0 Å². The first kappa shape index (κ1) is 13.8. The summed E-state index contributed by atoms with van der Waals surface area (Å²) >= 11 is 0. The van der Waals surface area contributed by atoms with Gasteiger partial charge in [-0.25, -0.2) is 0 Å². The predicted octanol–water partition coefficient (Wildman–Crippen LogP) is 4.85. The van der Waals surface area contributed by atoms with E-state index in [0.717, 1.165) is 11.3 Å². The Morgan fingerprint density at radius 3 is 2.00 bits per heavy atom. The largest absolute Gasteiger partial charge is 0.544 e.